The van der Waals surface area contributed by atoms with E-state index < -0.39 is 23.5 Å². The van der Waals surface area contributed by atoms with Gasteiger partial charge in [-0.15, -0.1) is 0 Å². The van der Waals surface area contributed by atoms with Crippen LogP contribution in [0.15, 0.2) is 72.2 Å². The average Bonchev–Trinajstić information content (AvgIpc) is 3.06. The van der Waals surface area contributed by atoms with Crippen LogP contribution in [0.3, 0.4) is 0 Å². The molecule has 0 saturated carbocycles. The molecule has 0 heterocycles. The summed E-state index contributed by atoms with van der Waals surface area (Å²) < 4.78 is 23.4. The second-order valence-electron chi connectivity index (χ2n) is 11.9. The number of rotatable bonds is 22. The Morgan fingerprint density at radius 3 is 1.85 bits per heavy atom. The number of carbonyl (C=O) groups excluding carboxylic acids is 1. The van der Waals surface area contributed by atoms with E-state index in [0.29, 0.717) is 30.8 Å². The van der Waals surface area contributed by atoms with Crippen molar-refractivity contribution in [1.29, 1.82) is 0 Å². The molecule has 2 aromatic carbocycles. The summed E-state index contributed by atoms with van der Waals surface area (Å²) in [5.41, 5.74) is 0.783. The van der Waals surface area contributed by atoms with Gasteiger partial charge >= 0.3 is 11.9 Å². The third kappa shape index (κ3) is 10.5. The zero-order chi connectivity index (χ0) is 33.2. The fourth-order valence-corrected chi connectivity index (χ4v) is 5.96. The lowest BCUT2D eigenvalue weighted by atomic mass is 9.78. The highest BCUT2D eigenvalue weighted by Crippen LogP contribution is 2.41. The summed E-state index contributed by atoms with van der Waals surface area (Å²) in [7, 11) is 0. The first-order chi connectivity index (χ1) is 22.4. The van der Waals surface area contributed by atoms with E-state index in [1.807, 2.05) is 50.2 Å². The number of carboxylic acids is 1. The molecule has 0 amide bonds. The van der Waals surface area contributed by atoms with Crippen LogP contribution < -0.4 is 4.74 Å². The Labute approximate surface area is 276 Å². The van der Waals surface area contributed by atoms with Crippen LogP contribution in [0.2, 0.25) is 0 Å². The number of benzene rings is 2. The smallest absolute Gasteiger partial charge is 0.343 e. The zero-order valence-electron chi connectivity index (χ0n) is 28.4. The molecule has 1 N–H and O–H groups in total. The number of esters is 1. The topological polar surface area (TPSA) is 91.3 Å². The van der Waals surface area contributed by atoms with Gasteiger partial charge in [0.1, 0.15) is 11.5 Å². The van der Waals surface area contributed by atoms with Crippen LogP contribution in [0.5, 0.6) is 5.75 Å². The fraction of sp³-hybridized carbons (Fsp3) is 0.538. The van der Waals surface area contributed by atoms with Crippen LogP contribution >= 0.6 is 0 Å². The van der Waals surface area contributed by atoms with Crippen LogP contribution in [-0.2, 0) is 19.0 Å². The summed E-state index contributed by atoms with van der Waals surface area (Å²) in [6.07, 6.45) is 17.2. The predicted molar refractivity (Wildman–Crippen MR) is 183 cm³/mol. The van der Waals surface area contributed by atoms with Gasteiger partial charge in [0.25, 0.3) is 0 Å². The number of carboxylic acid groups (broad SMARTS) is 1. The molecule has 1 aliphatic carbocycles. The van der Waals surface area contributed by atoms with Crippen molar-refractivity contribution in [2.24, 2.45) is 5.92 Å². The molecule has 7 heteroatoms. The predicted octanol–water partition coefficient (Wildman–Crippen LogP) is 9.90. The van der Waals surface area contributed by atoms with Gasteiger partial charge in [-0.05, 0) is 74.2 Å². The summed E-state index contributed by atoms with van der Waals surface area (Å²) in [5, 5.41) is 10.1. The molecule has 0 spiro atoms. The Morgan fingerprint density at radius 1 is 0.717 bits per heavy atom. The normalized spacial score (nSPS) is 17.6. The molecule has 3 rings (SSSR count). The van der Waals surface area contributed by atoms with Gasteiger partial charge in [0.15, 0.2) is 11.4 Å². The maximum absolute atomic E-state index is 13.2. The van der Waals surface area contributed by atoms with E-state index in [1.54, 1.807) is 19.1 Å². The number of hydrogen-bond acceptors (Lipinski definition) is 6. The maximum atomic E-state index is 13.2. The van der Waals surface area contributed by atoms with Crippen molar-refractivity contribution in [2.45, 2.75) is 110 Å². The SMILES string of the molecule is CCCCCCCCCCCCOc1ccc(-c2ccc(C(=O)OC3=C(OCC)C(CCC)C(OCC)(C(=O)O)C=C3)cc2)cc1. The molecule has 2 atom stereocenters. The van der Waals surface area contributed by atoms with Crippen molar-refractivity contribution in [2.75, 3.05) is 19.8 Å². The molecule has 0 fully saturated rings. The Morgan fingerprint density at radius 2 is 1.30 bits per heavy atom. The quantitative estimate of drug-likeness (QED) is 0.102. The number of hydrogen-bond donors (Lipinski definition) is 1. The molecule has 0 saturated heterocycles. The van der Waals surface area contributed by atoms with E-state index in [-0.39, 0.29) is 12.4 Å². The van der Waals surface area contributed by atoms with Crippen molar-refractivity contribution in [3.63, 3.8) is 0 Å². The molecule has 0 bridgehead atoms. The van der Waals surface area contributed by atoms with Crippen molar-refractivity contribution in [3.8, 4) is 16.9 Å². The third-order valence-electron chi connectivity index (χ3n) is 8.43. The van der Waals surface area contributed by atoms with Gasteiger partial charge in [0.05, 0.1) is 24.7 Å². The molecule has 0 radical (unpaired) electrons. The number of aliphatic carboxylic acids is 1. The standard InChI is InChI=1S/C39H54O7/c1-5-9-10-11-12-13-14-15-16-17-29-44-33-25-23-31(24-26-33)30-19-21-32(22-20-30)37(40)46-35-27-28-39(38(41)42,45-8-4)34(18-6-2)36(35)43-7-3/h19-28,34H,5-18,29H2,1-4H3,(H,41,42). The minimum atomic E-state index is -1.58. The fourth-order valence-electron chi connectivity index (χ4n) is 5.96. The average molecular weight is 635 g/mol. The summed E-state index contributed by atoms with van der Waals surface area (Å²) >= 11 is 0. The third-order valence-corrected chi connectivity index (χ3v) is 8.43. The van der Waals surface area contributed by atoms with Gasteiger partial charge in [0, 0.05) is 6.61 Å². The van der Waals surface area contributed by atoms with Crippen LogP contribution in [0, 0.1) is 5.92 Å². The van der Waals surface area contributed by atoms with Gasteiger partial charge in [-0.3, -0.25) is 0 Å². The molecule has 252 valence electrons. The molecule has 0 aliphatic heterocycles. The van der Waals surface area contributed by atoms with Crippen LogP contribution in [0.25, 0.3) is 11.1 Å². The Bertz CT molecular complexity index is 1260. The van der Waals surface area contributed by atoms with E-state index in [9.17, 15) is 14.7 Å². The number of ether oxygens (including phenoxy) is 4. The van der Waals surface area contributed by atoms with Gasteiger partial charge in [0.2, 0.25) is 0 Å². The van der Waals surface area contributed by atoms with Gasteiger partial charge in [-0.2, -0.15) is 0 Å². The molecule has 2 unspecified atom stereocenters. The van der Waals surface area contributed by atoms with Gasteiger partial charge in [-0.1, -0.05) is 102 Å². The highest BCUT2D eigenvalue weighted by atomic mass is 16.6. The minimum Gasteiger partial charge on any atom is -0.494 e. The van der Waals surface area contributed by atoms with Crippen LogP contribution in [0.1, 0.15) is 115 Å². The van der Waals surface area contributed by atoms with Crippen LogP contribution in [-0.4, -0.2) is 42.5 Å². The molecule has 7 nitrogen and oxygen atoms in total. The van der Waals surface area contributed by atoms with Crippen molar-refractivity contribution in [3.05, 3.63) is 77.8 Å². The maximum Gasteiger partial charge on any atom is 0.343 e. The lowest BCUT2D eigenvalue weighted by molar-refractivity contribution is -0.166. The van der Waals surface area contributed by atoms with Crippen molar-refractivity contribution in [1.82, 2.24) is 0 Å². The van der Waals surface area contributed by atoms with Crippen LogP contribution in [0.4, 0.5) is 0 Å². The van der Waals surface area contributed by atoms with E-state index in [1.165, 1.54) is 69.9 Å². The molecular formula is C39H54O7. The second-order valence-corrected chi connectivity index (χ2v) is 11.9. The van der Waals surface area contributed by atoms with E-state index in [0.717, 1.165) is 29.9 Å². The molecule has 46 heavy (non-hydrogen) atoms. The van der Waals surface area contributed by atoms with Gasteiger partial charge < -0.3 is 24.1 Å². The van der Waals surface area contributed by atoms with E-state index >= 15 is 0 Å². The van der Waals surface area contributed by atoms with Gasteiger partial charge in [-0.25, -0.2) is 9.59 Å². The van der Waals surface area contributed by atoms with Crippen molar-refractivity contribution >= 4 is 11.9 Å². The first-order valence-corrected chi connectivity index (χ1v) is 17.4. The summed E-state index contributed by atoms with van der Waals surface area (Å²) in [5.74, 6) is -0.893. The number of allylic oxidation sites excluding steroid dienone is 1. The molecule has 2 aromatic rings. The van der Waals surface area contributed by atoms with E-state index in [4.69, 9.17) is 18.9 Å². The lowest BCUT2D eigenvalue weighted by Gasteiger charge is -2.38. The van der Waals surface area contributed by atoms with E-state index in [2.05, 4.69) is 6.92 Å². The zero-order valence-corrected chi connectivity index (χ0v) is 28.4. The Kier molecular flexibility index (Phi) is 15.9. The first-order valence-electron chi connectivity index (χ1n) is 17.4. The molecule has 1 aliphatic rings. The Balaban J connectivity index is 1.54. The highest BCUT2D eigenvalue weighted by molar-refractivity contribution is 5.91. The summed E-state index contributed by atoms with van der Waals surface area (Å²) in [4.78, 5) is 25.6. The minimum absolute atomic E-state index is 0.208. The molecular weight excluding hydrogens is 580 g/mol. The highest BCUT2D eigenvalue weighted by Gasteiger charge is 2.50. The monoisotopic (exact) mass is 634 g/mol. The van der Waals surface area contributed by atoms with Crippen molar-refractivity contribution < 1.29 is 33.6 Å². The first kappa shape index (κ1) is 36.9. The largest absolute Gasteiger partial charge is 0.494 e. The summed E-state index contributed by atoms with van der Waals surface area (Å²) in [6.45, 7) is 9.03. The Hall–Kier alpha value is -3.58. The number of carbonyl (C=O) groups is 2. The number of unbranched alkanes of at least 4 members (excludes halogenated alkanes) is 9. The summed E-state index contributed by atoms with van der Waals surface area (Å²) in [6, 6.07) is 15.2. The second kappa shape index (κ2) is 19.8. The lowest BCUT2D eigenvalue weighted by Crippen LogP contribution is -2.49. The molecule has 0 aromatic heterocycles.